The third-order valence-corrected chi connectivity index (χ3v) is 7.24. The van der Waals surface area contributed by atoms with Crippen LogP contribution in [-0.4, -0.2) is 27.1 Å². The van der Waals surface area contributed by atoms with Gasteiger partial charge in [-0.1, -0.05) is 43.6 Å². The molecule has 0 fully saturated rings. The average molecular weight is 438 g/mol. The van der Waals surface area contributed by atoms with Crippen LogP contribution in [0.15, 0.2) is 47.4 Å². The van der Waals surface area contributed by atoms with Crippen molar-refractivity contribution < 1.29 is 22.7 Å². The highest BCUT2D eigenvalue weighted by Crippen LogP contribution is 2.43. The van der Waals surface area contributed by atoms with E-state index in [9.17, 15) is 13.2 Å². The molecule has 6 nitrogen and oxygen atoms in total. The van der Waals surface area contributed by atoms with Gasteiger partial charge in [-0.05, 0) is 37.1 Å². The molecule has 1 atom stereocenters. The number of halogens is 1. The summed E-state index contributed by atoms with van der Waals surface area (Å²) in [6.07, 6.45) is 2.01. The van der Waals surface area contributed by atoms with Crippen molar-refractivity contribution in [3.05, 3.63) is 58.6 Å². The molecule has 29 heavy (non-hydrogen) atoms. The highest BCUT2D eigenvalue weighted by atomic mass is 35.5. The van der Waals surface area contributed by atoms with E-state index in [2.05, 4.69) is 9.46 Å². The van der Waals surface area contributed by atoms with Gasteiger partial charge in [-0.25, -0.2) is 17.9 Å². The van der Waals surface area contributed by atoms with Crippen molar-refractivity contribution in [1.82, 2.24) is 4.72 Å². The predicted molar refractivity (Wildman–Crippen MR) is 111 cm³/mol. The van der Waals surface area contributed by atoms with Crippen molar-refractivity contribution in [2.45, 2.75) is 49.6 Å². The van der Waals surface area contributed by atoms with Gasteiger partial charge in [0.15, 0.2) is 0 Å². The normalized spacial score (nSPS) is 17.9. The van der Waals surface area contributed by atoms with E-state index in [4.69, 9.17) is 16.3 Å². The average Bonchev–Trinajstić information content (AvgIpc) is 2.72. The lowest BCUT2D eigenvalue weighted by atomic mass is 9.84. The van der Waals surface area contributed by atoms with Crippen LogP contribution in [0, 0.1) is 0 Å². The molecular weight excluding hydrogens is 414 g/mol. The Bertz CT molecular complexity index is 1020. The quantitative estimate of drug-likeness (QED) is 0.673. The number of ether oxygens (including phenoxy) is 2. The molecule has 1 aliphatic heterocycles. The maximum absolute atomic E-state index is 13.1. The molecule has 8 heteroatoms. The number of esters is 1. The second kappa shape index (κ2) is 8.34. The summed E-state index contributed by atoms with van der Waals surface area (Å²) >= 11 is 6.02. The Hall–Kier alpha value is -2.09. The van der Waals surface area contributed by atoms with E-state index in [1.807, 2.05) is 38.1 Å². The summed E-state index contributed by atoms with van der Waals surface area (Å²) in [6, 6.07) is 11.0. The van der Waals surface area contributed by atoms with Gasteiger partial charge < -0.3 is 9.47 Å². The van der Waals surface area contributed by atoms with E-state index in [0.717, 1.165) is 18.4 Å². The lowest BCUT2D eigenvalue weighted by Crippen LogP contribution is -2.44. The zero-order chi connectivity index (χ0) is 21.2. The number of fused-ring (bicyclic) bond motifs is 1. The third-order valence-electron chi connectivity index (χ3n) is 5.44. The summed E-state index contributed by atoms with van der Waals surface area (Å²) in [7, 11) is -2.71. The van der Waals surface area contributed by atoms with Gasteiger partial charge in [-0.3, -0.25) is 0 Å². The number of carbonyl (C=O) groups is 1. The van der Waals surface area contributed by atoms with Crippen molar-refractivity contribution in [3.8, 4) is 5.75 Å². The summed E-state index contributed by atoms with van der Waals surface area (Å²) in [6.45, 7) is 4.07. The van der Waals surface area contributed by atoms with Crippen molar-refractivity contribution in [3.63, 3.8) is 0 Å². The first-order valence-electron chi connectivity index (χ1n) is 9.43. The first-order valence-corrected chi connectivity index (χ1v) is 11.3. The zero-order valence-corrected chi connectivity index (χ0v) is 18.1. The Labute approximate surface area is 176 Å². The zero-order valence-electron chi connectivity index (χ0n) is 16.6. The Morgan fingerprint density at radius 1 is 1.24 bits per heavy atom. The van der Waals surface area contributed by atoms with Crippen LogP contribution >= 0.6 is 11.6 Å². The molecule has 0 radical (unpaired) electrons. The van der Waals surface area contributed by atoms with Gasteiger partial charge in [-0.2, -0.15) is 0 Å². The van der Waals surface area contributed by atoms with Crippen LogP contribution in [0.4, 0.5) is 0 Å². The Morgan fingerprint density at radius 3 is 2.59 bits per heavy atom. The van der Waals surface area contributed by atoms with Gasteiger partial charge in [-0.15, -0.1) is 0 Å². The summed E-state index contributed by atoms with van der Waals surface area (Å²) in [4.78, 5) is 11.8. The lowest BCUT2D eigenvalue weighted by Gasteiger charge is -2.41. The smallest absolute Gasteiger partial charge is 0.339 e. The Balaban J connectivity index is 1.99. The summed E-state index contributed by atoms with van der Waals surface area (Å²) < 4.78 is 40.0. The molecule has 0 amide bonds. The van der Waals surface area contributed by atoms with E-state index < -0.39 is 27.6 Å². The molecule has 0 aliphatic carbocycles. The highest BCUT2D eigenvalue weighted by molar-refractivity contribution is 7.89. The van der Waals surface area contributed by atoms with Gasteiger partial charge in [0.05, 0.1) is 28.6 Å². The van der Waals surface area contributed by atoms with Crippen molar-refractivity contribution in [2.75, 3.05) is 7.11 Å². The van der Waals surface area contributed by atoms with Crippen molar-refractivity contribution in [1.29, 1.82) is 0 Å². The fraction of sp³-hybridized carbons (Fsp3) is 0.381. The molecule has 1 N–H and O–H groups in total. The maximum Gasteiger partial charge on any atom is 0.339 e. The van der Waals surface area contributed by atoms with E-state index in [0.29, 0.717) is 12.2 Å². The van der Waals surface area contributed by atoms with Crippen LogP contribution in [0.5, 0.6) is 5.75 Å². The van der Waals surface area contributed by atoms with Crippen LogP contribution in [-0.2, 0) is 14.8 Å². The number of hydrogen-bond acceptors (Lipinski definition) is 5. The first kappa shape index (κ1) is 21.6. The van der Waals surface area contributed by atoms with E-state index in [1.54, 1.807) is 0 Å². The number of rotatable bonds is 6. The molecule has 0 saturated carbocycles. The molecule has 156 valence electrons. The molecule has 2 aromatic carbocycles. The minimum atomic E-state index is -3.92. The number of carbonyl (C=O) groups excluding carboxylic acids is 1. The molecular formula is C21H24ClNO5S. The molecule has 0 spiro atoms. The molecule has 1 aliphatic rings. The fourth-order valence-electron chi connectivity index (χ4n) is 3.60. The van der Waals surface area contributed by atoms with Gasteiger partial charge in [0.2, 0.25) is 10.0 Å². The van der Waals surface area contributed by atoms with Crippen LogP contribution in [0.1, 0.15) is 55.1 Å². The highest BCUT2D eigenvalue weighted by Gasteiger charge is 2.40. The monoisotopic (exact) mass is 437 g/mol. The number of para-hydroxylation sites is 1. The minimum absolute atomic E-state index is 0.000817. The third kappa shape index (κ3) is 4.27. The van der Waals surface area contributed by atoms with Crippen molar-refractivity contribution >= 4 is 27.6 Å². The number of benzene rings is 2. The van der Waals surface area contributed by atoms with E-state index >= 15 is 0 Å². The van der Waals surface area contributed by atoms with Crippen molar-refractivity contribution in [2.24, 2.45) is 0 Å². The van der Waals surface area contributed by atoms with E-state index in [1.165, 1.54) is 25.3 Å². The molecule has 1 heterocycles. The Kier molecular flexibility index (Phi) is 6.22. The van der Waals surface area contributed by atoms with E-state index in [-0.39, 0.29) is 15.5 Å². The van der Waals surface area contributed by atoms with Crippen LogP contribution in [0.3, 0.4) is 0 Å². The number of nitrogens with one attached hydrogen (secondary N) is 1. The topological polar surface area (TPSA) is 81.7 Å². The standard InChI is InChI=1S/C21H24ClNO5S/c1-4-21(5-2)13-18(15-8-6-7-9-19(15)28-21)23-29(25,26)14-10-11-17(22)16(12-14)20(24)27-3/h6-12,18,23H,4-5,13H2,1-3H3/t18-/m1/s1. The molecule has 2 aromatic rings. The Morgan fingerprint density at radius 2 is 1.93 bits per heavy atom. The SMILES string of the molecule is CCC1(CC)C[C@@H](NS(=O)(=O)c2ccc(Cl)c(C(=O)OC)c2)c2ccccc2O1. The van der Waals surface area contributed by atoms with Gasteiger partial charge >= 0.3 is 5.97 Å². The predicted octanol–water partition coefficient (Wildman–Crippen LogP) is 4.49. The summed E-state index contributed by atoms with van der Waals surface area (Å²) in [5.74, 6) is -0.0130. The fourth-order valence-corrected chi connectivity index (χ4v) is 5.04. The number of methoxy groups -OCH3 is 1. The molecule has 0 aromatic heterocycles. The van der Waals surface area contributed by atoms with Gasteiger partial charge in [0, 0.05) is 12.0 Å². The second-order valence-corrected chi connectivity index (χ2v) is 9.16. The van der Waals surface area contributed by atoms with Gasteiger partial charge in [0.1, 0.15) is 11.4 Å². The second-order valence-electron chi connectivity index (χ2n) is 7.04. The lowest BCUT2D eigenvalue weighted by molar-refractivity contribution is 0.0260. The molecule has 0 saturated heterocycles. The van der Waals surface area contributed by atoms with Crippen LogP contribution in [0.25, 0.3) is 0 Å². The van der Waals surface area contributed by atoms with Crippen LogP contribution in [0.2, 0.25) is 5.02 Å². The maximum atomic E-state index is 13.1. The largest absolute Gasteiger partial charge is 0.487 e. The first-order chi connectivity index (χ1) is 13.7. The molecule has 0 unspecified atom stereocenters. The summed E-state index contributed by atoms with van der Waals surface area (Å²) in [5.41, 5.74) is 0.343. The number of hydrogen-bond donors (Lipinski definition) is 1. The summed E-state index contributed by atoms with van der Waals surface area (Å²) in [5, 5.41) is 0.128. The van der Waals surface area contributed by atoms with Gasteiger partial charge in [0.25, 0.3) is 0 Å². The van der Waals surface area contributed by atoms with Crippen LogP contribution < -0.4 is 9.46 Å². The molecule has 3 rings (SSSR count). The number of sulfonamides is 1. The molecule has 0 bridgehead atoms. The minimum Gasteiger partial charge on any atom is -0.487 e.